The fourth-order valence-corrected chi connectivity index (χ4v) is 2.94. The number of fused-ring (bicyclic) bond motifs is 1. The Morgan fingerprint density at radius 1 is 0.897 bits per heavy atom. The van der Waals surface area contributed by atoms with Crippen LogP contribution in [0.2, 0.25) is 0 Å². The summed E-state index contributed by atoms with van der Waals surface area (Å²) in [7, 11) is 0. The summed E-state index contributed by atoms with van der Waals surface area (Å²) in [4.78, 5) is 20.7. The van der Waals surface area contributed by atoms with Gasteiger partial charge in [-0.15, -0.1) is 0 Å². The molecule has 2 amide bonds. The van der Waals surface area contributed by atoms with Gasteiger partial charge in [-0.25, -0.2) is 19.2 Å². The molecule has 144 valence electrons. The number of hydrogen-bond acceptors (Lipinski definition) is 4. The minimum atomic E-state index is -0.512. The Kier molecular flexibility index (Phi) is 5.29. The van der Waals surface area contributed by atoms with Gasteiger partial charge in [0.25, 0.3) is 0 Å². The molecule has 0 spiro atoms. The Morgan fingerprint density at radius 3 is 2.62 bits per heavy atom. The summed E-state index contributed by atoms with van der Waals surface area (Å²) in [5.41, 5.74) is 2.55. The second-order valence-corrected chi connectivity index (χ2v) is 6.35. The number of aromatic nitrogens is 2. The van der Waals surface area contributed by atoms with Crippen LogP contribution >= 0.6 is 0 Å². The molecular weight excluding hydrogens is 369 g/mol. The van der Waals surface area contributed by atoms with E-state index >= 15 is 0 Å². The maximum absolute atomic E-state index is 13.7. The summed E-state index contributed by atoms with van der Waals surface area (Å²) in [5.74, 6) is 0.254. The molecule has 0 saturated carbocycles. The van der Waals surface area contributed by atoms with Crippen molar-refractivity contribution in [3.05, 3.63) is 90.5 Å². The van der Waals surface area contributed by atoms with Gasteiger partial charge in [0.1, 0.15) is 18.0 Å². The van der Waals surface area contributed by atoms with Crippen LogP contribution in [-0.4, -0.2) is 16.0 Å². The third kappa shape index (κ3) is 4.47. The van der Waals surface area contributed by atoms with Crippen LogP contribution in [-0.2, 0) is 6.54 Å². The maximum Gasteiger partial charge on any atom is 0.323 e. The van der Waals surface area contributed by atoms with Gasteiger partial charge in [-0.2, -0.15) is 0 Å². The molecule has 3 N–H and O–H groups in total. The third-order valence-corrected chi connectivity index (χ3v) is 4.31. The molecule has 0 radical (unpaired) electrons. The molecule has 3 aromatic carbocycles. The molecule has 4 aromatic rings. The van der Waals surface area contributed by atoms with E-state index in [9.17, 15) is 9.18 Å². The van der Waals surface area contributed by atoms with E-state index in [0.29, 0.717) is 12.2 Å². The summed E-state index contributed by atoms with van der Waals surface area (Å²) in [6.45, 7) is 0.519. The highest BCUT2D eigenvalue weighted by atomic mass is 19.1. The van der Waals surface area contributed by atoms with Crippen LogP contribution < -0.4 is 16.0 Å². The molecule has 0 aliphatic heterocycles. The van der Waals surface area contributed by atoms with E-state index in [1.165, 1.54) is 18.5 Å². The van der Waals surface area contributed by atoms with Crippen molar-refractivity contribution in [1.82, 2.24) is 9.97 Å². The zero-order chi connectivity index (χ0) is 20.1. The number of amides is 2. The minimum Gasteiger partial charge on any atom is -0.365 e. The van der Waals surface area contributed by atoms with Gasteiger partial charge in [-0.1, -0.05) is 36.4 Å². The third-order valence-electron chi connectivity index (χ3n) is 4.31. The number of nitrogens with one attached hydrogen (secondary N) is 3. The molecule has 1 heterocycles. The van der Waals surface area contributed by atoms with Gasteiger partial charge < -0.3 is 16.0 Å². The molecule has 0 saturated heterocycles. The molecular formula is C22H18FN5O. The first-order valence-electron chi connectivity index (χ1n) is 9.04. The predicted octanol–water partition coefficient (Wildman–Crippen LogP) is 5.03. The lowest BCUT2D eigenvalue weighted by Gasteiger charge is -2.11. The van der Waals surface area contributed by atoms with Gasteiger partial charge >= 0.3 is 6.03 Å². The van der Waals surface area contributed by atoms with Crippen LogP contribution in [0.4, 0.5) is 26.4 Å². The molecule has 0 fully saturated rings. The molecule has 1 aromatic heterocycles. The standard InChI is InChI=1S/C22H18FN5O/c23-18-9-2-4-11-20(18)28-22(29)27-16-7-5-6-15(12-16)13-24-21-17-8-1-3-10-19(17)25-14-26-21/h1-12,14H,13H2,(H,24,25,26)(H2,27,28,29). The van der Waals surface area contributed by atoms with E-state index in [4.69, 9.17) is 0 Å². The highest BCUT2D eigenvalue weighted by Crippen LogP contribution is 2.20. The van der Waals surface area contributed by atoms with Crippen molar-refractivity contribution in [3.63, 3.8) is 0 Å². The lowest BCUT2D eigenvalue weighted by molar-refractivity contribution is 0.262. The number of halogens is 1. The van der Waals surface area contributed by atoms with E-state index < -0.39 is 11.8 Å². The lowest BCUT2D eigenvalue weighted by atomic mass is 10.2. The zero-order valence-electron chi connectivity index (χ0n) is 15.4. The van der Waals surface area contributed by atoms with E-state index in [1.54, 1.807) is 18.2 Å². The Balaban J connectivity index is 1.42. The van der Waals surface area contributed by atoms with Crippen LogP contribution in [0.1, 0.15) is 5.56 Å². The summed E-state index contributed by atoms with van der Waals surface area (Å²) >= 11 is 0. The number of rotatable bonds is 5. The highest BCUT2D eigenvalue weighted by molar-refractivity contribution is 5.99. The van der Waals surface area contributed by atoms with Crippen LogP contribution in [0.5, 0.6) is 0 Å². The van der Waals surface area contributed by atoms with Crippen molar-refractivity contribution in [2.75, 3.05) is 16.0 Å². The fraction of sp³-hybridized carbons (Fsp3) is 0.0455. The van der Waals surface area contributed by atoms with Crippen LogP contribution in [0, 0.1) is 5.82 Å². The smallest absolute Gasteiger partial charge is 0.323 e. The van der Waals surface area contributed by atoms with Gasteiger partial charge in [0.05, 0.1) is 11.2 Å². The number of nitrogens with zero attached hydrogens (tertiary/aromatic N) is 2. The predicted molar refractivity (Wildman–Crippen MR) is 112 cm³/mol. The number of hydrogen-bond donors (Lipinski definition) is 3. The van der Waals surface area contributed by atoms with Crippen molar-refractivity contribution >= 4 is 34.1 Å². The van der Waals surface area contributed by atoms with Crippen molar-refractivity contribution in [2.24, 2.45) is 0 Å². The molecule has 0 aliphatic carbocycles. The Labute approximate surface area is 166 Å². The topological polar surface area (TPSA) is 78.9 Å². The summed E-state index contributed by atoms with van der Waals surface area (Å²) in [6, 6.07) is 20.7. The molecule has 29 heavy (non-hydrogen) atoms. The van der Waals surface area contributed by atoms with Gasteiger partial charge in [-0.05, 0) is 42.0 Å². The average Bonchev–Trinajstić information content (AvgIpc) is 2.74. The number of carbonyl (C=O) groups excluding carboxylic acids is 1. The largest absolute Gasteiger partial charge is 0.365 e. The number of anilines is 3. The number of para-hydroxylation sites is 2. The number of benzene rings is 3. The second-order valence-electron chi connectivity index (χ2n) is 6.35. The quantitative estimate of drug-likeness (QED) is 0.449. The van der Waals surface area contributed by atoms with Crippen molar-refractivity contribution < 1.29 is 9.18 Å². The van der Waals surface area contributed by atoms with Crippen LogP contribution in [0.25, 0.3) is 10.9 Å². The SMILES string of the molecule is O=C(Nc1cccc(CNc2ncnc3ccccc23)c1)Nc1ccccc1F. The monoisotopic (exact) mass is 387 g/mol. The van der Waals surface area contributed by atoms with Gasteiger partial charge in [0, 0.05) is 17.6 Å². The lowest BCUT2D eigenvalue weighted by Crippen LogP contribution is -2.20. The Morgan fingerprint density at radius 2 is 1.72 bits per heavy atom. The Bertz CT molecular complexity index is 1160. The second kappa shape index (κ2) is 8.35. The van der Waals surface area contributed by atoms with Gasteiger partial charge in [0.15, 0.2) is 0 Å². The normalized spacial score (nSPS) is 10.5. The molecule has 0 unspecified atom stereocenters. The van der Waals surface area contributed by atoms with Crippen molar-refractivity contribution in [3.8, 4) is 0 Å². The van der Waals surface area contributed by atoms with Crippen molar-refractivity contribution in [1.29, 1.82) is 0 Å². The van der Waals surface area contributed by atoms with E-state index in [2.05, 4.69) is 25.9 Å². The molecule has 0 bridgehead atoms. The molecule has 4 rings (SSSR count). The van der Waals surface area contributed by atoms with Crippen molar-refractivity contribution in [2.45, 2.75) is 6.54 Å². The Hall–Kier alpha value is -4.00. The summed E-state index contributed by atoms with van der Waals surface area (Å²) < 4.78 is 13.7. The number of urea groups is 1. The molecule has 6 nitrogen and oxygen atoms in total. The molecule has 7 heteroatoms. The maximum atomic E-state index is 13.7. The fourth-order valence-electron chi connectivity index (χ4n) is 2.94. The van der Waals surface area contributed by atoms with E-state index in [-0.39, 0.29) is 5.69 Å². The van der Waals surface area contributed by atoms with Gasteiger partial charge in [-0.3, -0.25) is 0 Å². The zero-order valence-corrected chi connectivity index (χ0v) is 15.4. The van der Waals surface area contributed by atoms with Gasteiger partial charge in [0.2, 0.25) is 0 Å². The molecule has 0 atom stereocenters. The molecule has 0 aliphatic rings. The summed E-state index contributed by atoms with van der Waals surface area (Å²) in [5, 5.41) is 9.46. The highest BCUT2D eigenvalue weighted by Gasteiger charge is 2.07. The van der Waals surface area contributed by atoms with E-state index in [1.807, 2.05) is 42.5 Å². The average molecular weight is 387 g/mol. The first kappa shape index (κ1) is 18.4. The summed E-state index contributed by atoms with van der Waals surface area (Å²) in [6.07, 6.45) is 1.52. The van der Waals surface area contributed by atoms with Crippen LogP contribution in [0.15, 0.2) is 79.1 Å². The number of carbonyl (C=O) groups is 1. The van der Waals surface area contributed by atoms with Crippen LogP contribution in [0.3, 0.4) is 0 Å². The van der Waals surface area contributed by atoms with E-state index in [0.717, 1.165) is 22.3 Å². The minimum absolute atomic E-state index is 0.124. The first-order valence-corrected chi connectivity index (χ1v) is 9.04. The first-order chi connectivity index (χ1) is 14.2.